The highest BCUT2D eigenvalue weighted by atomic mass is 35.5. The van der Waals surface area contributed by atoms with Crippen molar-refractivity contribution >= 4 is 38.9 Å². The molecule has 24 heavy (non-hydrogen) atoms. The highest BCUT2D eigenvalue weighted by Crippen LogP contribution is 2.22. The summed E-state index contributed by atoms with van der Waals surface area (Å²) in [5.74, 6) is -0.590. The van der Waals surface area contributed by atoms with Gasteiger partial charge in [0.05, 0.1) is 15.7 Å². The molecule has 0 unspecified atom stereocenters. The van der Waals surface area contributed by atoms with Crippen molar-refractivity contribution in [2.45, 2.75) is 17.7 Å². The summed E-state index contributed by atoms with van der Waals surface area (Å²) in [5, 5.41) is 3.52. The van der Waals surface area contributed by atoms with Crippen molar-refractivity contribution in [2.24, 2.45) is 0 Å². The predicted octanol–water partition coefficient (Wildman–Crippen LogP) is 3.52. The minimum Gasteiger partial charge on any atom is -0.356 e. The summed E-state index contributed by atoms with van der Waals surface area (Å²) in [6, 6.07) is 13.6. The van der Waals surface area contributed by atoms with E-state index >= 15 is 0 Å². The third kappa shape index (κ3) is 5.51. The fraction of sp³-hybridized carbons (Fsp3) is 0.235. The number of rotatable bonds is 7. The summed E-state index contributed by atoms with van der Waals surface area (Å²) in [7, 11) is -3.58. The van der Waals surface area contributed by atoms with Crippen LogP contribution in [0.5, 0.6) is 0 Å². The van der Waals surface area contributed by atoms with E-state index in [0.29, 0.717) is 18.0 Å². The third-order valence-corrected chi connectivity index (χ3v) is 5.84. The number of benzene rings is 2. The maximum absolute atomic E-state index is 12.2. The van der Waals surface area contributed by atoms with E-state index in [-0.39, 0.29) is 28.0 Å². The van der Waals surface area contributed by atoms with Crippen LogP contribution in [0.4, 0.5) is 0 Å². The van der Waals surface area contributed by atoms with Crippen LogP contribution in [0.3, 0.4) is 0 Å². The first-order valence-electron chi connectivity index (χ1n) is 7.37. The molecule has 0 atom stereocenters. The van der Waals surface area contributed by atoms with Gasteiger partial charge in [-0.05, 0) is 36.2 Å². The van der Waals surface area contributed by atoms with E-state index in [1.165, 1.54) is 12.1 Å². The van der Waals surface area contributed by atoms with Gasteiger partial charge in [0.15, 0.2) is 9.84 Å². The van der Waals surface area contributed by atoms with E-state index in [4.69, 9.17) is 23.2 Å². The zero-order chi connectivity index (χ0) is 17.6. The summed E-state index contributed by atoms with van der Waals surface area (Å²) in [6.07, 6.45) is 0.521. The molecule has 0 aromatic heterocycles. The number of sulfone groups is 1. The van der Waals surface area contributed by atoms with Gasteiger partial charge in [-0.15, -0.1) is 0 Å². The molecule has 7 heteroatoms. The first kappa shape index (κ1) is 18.8. The van der Waals surface area contributed by atoms with Crippen molar-refractivity contribution < 1.29 is 13.2 Å². The van der Waals surface area contributed by atoms with Gasteiger partial charge in [-0.3, -0.25) is 4.79 Å². The van der Waals surface area contributed by atoms with Crippen LogP contribution >= 0.6 is 23.2 Å². The average molecular weight is 386 g/mol. The SMILES string of the molecule is O=C(CCS(=O)(=O)c1ccccc1Cl)NCCc1cccc(Cl)c1. The predicted molar refractivity (Wildman–Crippen MR) is 96.3 cm³/mol. The molecule has 0 radical (unpaired) electrons. The Bertz CT molecular complexity index is 822. The Morgan fingerprint density at radius 1 is 1.04 bits per heavy atom. The molecule has 0 fully saturated rings. The molecular formula is C17H17Cl2NO3S. The van der Waals surface area contributed by atoms with Gasteiger partial charge in [0.1, 0.15) is 0 Å². The Labute approximate surface area is 151 Å². The van der Waals surface area contributed by atoms with Crippen molar-refractivity contribution in [3.8, 4) is 0 Å². The molecule has 0 aliphatic rings. The van der Waals surface area contributed by atoms with Gasteiger partial charge < -0.3 is 5.32 Å². The molecule has 4 nitrogen and oxygen atoms in total. The zero-order valence-corrected chi connectivity index (χ0v) is 15.2. The van der Waals surface area contributed by atoms with Gasteiger partial charge in [0.25, 0.3) is 0 Å². The molecule has 0 heterocycles. The van der Waals surface area contributed by atoms with E-state index in [1.54, 1.807) is 18.2 Å². The number of carbonyl (C=O) groups excluding carboxylic acids is 1. The Hall–Kier alpha value is -1.56. The molecule has 128 valence electrons. The van der Waals surface area contributed by atoms with Crippen LogP contribution in [-0.2, 0) is 21.1 Å². The molecule has 0 saturated heterocycles. The fourth-order valence-corrected chi connectivity index (χ4v) is 4.19. The van der Waals surface area contributed by atoms with Gasteiger partial charge in [-0.25, -0.2) is 8.42 Å². The second-order valence-corrected chi connectivity index (χ2v) is 8.15. The van der Waals surface area contributed by atoms with E-state index in [2.05, 4.69) is 5.32 Å². The number of hydrogen-bond donors (Lipinski definition) is 1. The third-order valence-electron chi connectivity index (χ3n) is 3.39. The second-order valence-electron chi connectivity index (χ2n) is 5.23. The highest BCUT2D eigenvalue weighted by molar-refractivity contribution is 7.91. The first-order chi connectivity index (χ1) is 11.4. The van der Waals surface area contributed by atoms with Crippen molar-refractivity contribution in [3.63, 3.8) is 0 Å². The molecule has 1 N–H and O–H groups in total. The van der Waals surface area contributed by atoms with Crippen LogP contribution in [0.1, 0.15) is 12.0 Å². The normalized spacial score (nSPS) is 11.2. The van der Waals surface area contributed by atoms with Crippen LogP contribution in [0.25, 0.3) is 0 Å². The van der Waals surface area contributed by atoms with Crippen molar-refractivity contribution in [1.82, 2.24) is 5.32 Å². The fourth-order valence-electron chi connectivity index (χ4n) is 2.16. The Kier molecular flexibility index (Phi) is 6.66. The number of nitrogens with one attached hydrogen (secondary N) is 1. The minimum atomic E-state index is -3.58. The second kappa shape index (κ2) is 8.51. The summed E-state index contributed by atoms with van der Waals surface area (Å²) in [4.78, 5) is 11.9. The van der Waals surface area contributed by atoms with Crippen molar-refractivity contribution in [3.05, 3.63) is 64.1 Å². The van der Waals surface area contributed by atoms with E-state index in [0.717, 1.165) is 5.56 Å². The quantitative estimate of drug-likeness (QED) is 0.792. The molecule has 0 spiro atoms. The lowest BCUT2D eigenvalue weighted by Gasteiger charge is -2.08. The zero-order valence-electron chi connectivity index (χ0n) is 12.8. The minimum absolute atomic E-state index is 0.0541. The lowest BCUT2D eigenvalue weighted by Crippen LogP contribution is -2.27. The number of carbonyl (C=O) groups is 1. The Morgan fingerprint density at radius 3 is 2.50 bits per heavy atom. The van der Waals surface area contributed by atoms with Crippen molar-refractivity contribution in [1.29, 1.82) is 0 Å². The van der Waals surface area contributed by atoms with Crippen LogP contribution in [0, 0.1) is 0 Å². The standard InChI is InChI=1S/C17H17Cl2NO3S/c18-14-5-3-4-13(12-14)8-10-20-17(21)9-11-24(22,23)16-7-2-1-6-15(16)19/h1-7,12H,8-11H2,(H,20,21). The summed E-state index contributed by atoms with van der Waals surface area (Å²) in [5.41, 5.74) is 1.01. The van der Waals surface area contributed by atoms with Gasteiger partial charge in [-0.2, -0.15) is 0 Å². The molecule has 0 aliphatic heterocycles. The molecule has 2 aromatic rings. The van der Waals surface area contributed by atoms with E-state index < -0.39 is 9.84 Å². The molecule has 1 amide bonds. The summed E-state index contributed by atoms with van der Waals surface area (Å²) >= 11 is 11.8. The molecule has 2 aromatic carbocycles. The molecule has 2 rings (SSSR count). The molecule has 0 saturated carbocycles. The topological polar surface area (TPSA) is 63.2 Å². The van der Waals surface area contributed by atoms with Gasteiger partial charge >= 0.3 is 0 Å². The lowest BCUT2D eigenvalue weighted by molar-refractivity contribution is -0.120. The van der Waals surface area contributed by atoms with Gasteiger partial charge in [0.2, 0.25) is 5.91 Å². The van der Waals surface area contributed by atoms with Gasteiger partial charge in [0, 0.05) is 18.0 Å². The van der Waals surface area contributed by atoms with E-state index in [1.807, 2.05) is 18.2 Å². The van der Waals surface area contributed by atoms with Crippen LogP contribution in [0.15, 0.2) is 53.4 Å². The average Bonchev–Trinajstić information content (AvgIpc) is 2.53. The number of halogens is 2. The van der Waals surface area contributed by atoms with Crippen LogP contribution < -0.4 is 5.32 Å². The maximum atomic E-state index is 12.2. The van der Waals surface area contributed by atoms with Crippen LogP contribution in [0.2, 0.25) is 10.0 Å². The Balaban J connectivity index is 1.82. The largest absolute Gasteiger partial charge is 0.356 e. The molecular weight excluding hydrogens is 369 g/mol. The van der Waals surface area contributed by atoms with Crippen LogP contribution in [-0.4, -0.2) is 26.6 Å². The summed E-state index contributed by atoms with van der Waals surface area (Å²) in [6.45, 7) is 0.422. The molecule has 0 aliphatic carbocycles. The maximum Gasteiger partial charge on any atom is 0.221 e. The van der Waals surface area contributed by atoms with E-state index in [9.17, 15) is 13.2 Å². The first-order valence-corrected chi connectivity index (χ1v) is 9.78. The molecule has 0 bridgehead atoms. The number of amides is 1. The Morgan fingerprint density at radius 2 is 1.79 bits per heavy atom. The monoisotopic (exact) mass is 385 g/mol. The lowest BCUT2D eigenvalue weighted by atomic mass is 10.1. The smallest absolute Gasteiger partial charge is 0.221 e. The van der Waals surface area contributed by atoms with Crippen molar-refractivity contribution in [2.75, 3.05) is 12.3 Å². The highest BCUT2D eigenvalue weighted by Gasteiger charge is 2.18. The van der Waals surface area contributed by atoms with Gasteiger partial charge in [-0.1, -0.05) is 47.5 Å². The summed E-state index contributed by atoms with van der Waals surface area (Å²) < 4.78 is 24.4. The number of hydrogen-bond acceptors (Lipinski definition) is 3.